The fourth-order valence-corrected chi connectivity index (χ4v) is 5.23. The molecular formula is C27H23N3O3. The number of benzene rings is 2. The standard InChI is InChI=1S/C27H23N3O3/c1-16-13-14-21(33-16)19-15-18-11-7-8-12-20(18)30-23(17-9-5-4-6-10-17)22-25(24(19)30)28(2)27(32)29(3)26(22)31/h4-14,19H,15H2,1-3H3. The van der Waals surface area contributed by atoms with Gasteiger partial charge >= 0.3 is 5.69 Å². The van der Waals surface area contributed by atoms with Crippen LogP contribution in [0.3, 0.4) is 0 Å². The largest absolute Gasteiger partial charge is 0.466 e. The van der Waals surface area contributed by atoms with Crippen molar-refractivity contribution in [3.8, 4) is 16.9 Å². The number of para-hydroxylation sites is 1. The average molecular weight is 437 g/mol. The lowest BCUT2D eigenvalue weighted by Gasteiger charge is -2.28. The minimum absolute atomic E-state index is 0.133. The summed E-state index contributed by atoms with van der Waals surface area (Å²) in [4.78, 5) is 26.6. The Morgan fingerprint density at radius 1 is 0.879 bits per heavy atom. The highest BCUT2D eigenvalue weighted by Gasteiger charge is 2.36. The van der Waals surface area contributed by atoms with Crippen molar-refractivity contribution in [2.75, 3.05) is 0 Å². The summed E-state index contributed by atoms with van der Waals surface area (Å²) in [5.74, 6) is 1.53. The number of furan rings is 1. The molecule has 6 heteroatoms. The molecule has 0 saturated carbocycles. The highest BCUT2D eigenvalue weighted by atomic mass is 16.3. The maximum absolute atomic E-state index is 13.6. The molecule has 0 N–H and O–H groups in total. The van der Waals surface area contributed by atoms with Crippen LogP contribution in [-0.4, -0.2) is 13.7 Å². The van der Waals surface area contributed by atoms with Crippen molar-refractivity contribution in [1.29, 1.82) is 0 Å². The van der Waals surface area contributed by atoms with Crippen LogP contribution < -0.4 is 11.2 Å². The summed E-state index contributed by atoms with van der Waals surface area (Å²) in [6.07, 6.45) is 0.722. The van der Waals surface area contributed by atoms with E-state index in [4.69, 9.17) is 4.42 Å². The van der Waals surface area contributed by atoms with Crippen LogP contribution >= 0.6 is 0 Å². The van der Waals surface area contributed by atoms with Crippen LogP contribution in [0.25, 0.3) is 27.8 Å². The molecule has 0 radical (unpaired) electrons. The smallest absolute Gasteiger partial charge is 0.331 e. The lowest BCUT2D eigenvalue weighted by molar-refractivity contribution is 0.453. The van der Waals surface area contributed by atoms with Gasteiger partial charge in [0.2, 0.25) is 0 Å². The quantitative estimate of drug-likeness (QED) is 0.414. The van der Waals surface area contributed by atoms with Crippen LogP contribution in [0.2, 0.25) is 0 Å². The molecule has 33 heavy (non-hydrogen) atoms. The molecule has 3 aromatic heterocycles. The molecule has 1 unspecified atom stereocenters. The summed E-state index contributed by atoms with van der Waals surface area (Å²) in [5.41, 5.74) is 4.87. The molecule has 0 saturated heterocycles. The third-order valence-electron chi connectivity index (χ3n) is 6.75. The van der Waals surface area contributed by atoms with Gasteiger partial charge in [0, 0.05) is 19.8 Å². The Morgan fingerprint density at radius 2 is 1.61 bits per heavy atom. The van der Waals surface area contributed by atoms with Crippen molar-refractivity contribution in [2.45, 2.75) is 19.3 Å². The van der Waals surface area contributed by atoms with Gasteiger partial charge in [-0.2, -0.15) is 0 Å². The van der Waals surface area contributed by atoms with E-state index in [0.717, 1.165) is 40.6 Å². The van der Waals surface area contributed by atoms with Crippen LogP contribution in [0.1, 0.15) is 28.7 Å². The SMILES string of the molecule is Cc1ccc(C2Cc3ccccc3-n3c(-c4ccccc4)c4c(=O)n(C)c(=O)n(C)c4c32)o1. The van der Waals surface area contributed by atoms with Gasteiger partial charge in [0.1, 0.15) is 11.5 Å². The maximum Gasteiger partial charge on any atom is 0.331 e. The second-order valence-corrected chi connectivity index (χ2v) is 8.70. The van der Waals surface area contributed by atoms with Crippen LogP contribution in [0, 0.1) is 6.92 Å². The fraction of sp³-hybridized carbons (Fsp3) is 0.185. The Morgan fingerprint density at radius 3 is 2.33 bits per heavy atom. The normalized spacial score (nSPS) is 14.9. The number of aryl methyl sites for hydroxylation is 2. The van der Waals surface area contributed by atoms with E-state index in [9.17, 15) is 9.59 Å². The molecular weight excluding hydrogens is 414 g/mol. The lowest BCUT2D eigenvalue weighted by atomic mass is 9.89. The van der Waals surface area contributed by atoms with Gasteiger partial charge < -0.3 is 8.98 Å². The highest BCUT2D eigenvalue weighted by molar-refractivity contribution is 5.98. The zero-order valence-electron chi connectivity index (χ0n) is 18.7. The van der Waals surface area contributed by atoms with Crippen LogP contribution in [0.4, 0.5) is 0 Å². The van der Waals surface area contributed by atoms with E-state index in [1.807, 2.05) is 61.5 Å². The van der Waals surface area contributed by atoms with E-state index in [2.05, 4.69) is 16.7 Å². The highest BCUT2D eigenvalue weighted by Crippen LogP contribution is 2.45. The predicted molar refractivity (Wildman–Crippen MR) is 128 cm³/mol. The minimum atomic E-state index is -0.339. The van der Waals surface area contributed by atoms with Crippen molar-refractivity contribution < 1.29 is 4.42 Å². The number of rotatable bonds is 2. The third-order valence-corrected chi connectivity index (χ3v) is 6.75. The second kappa shape index (κ2) is 6.97. The van der Waals surface area contributed by atoms with Crippen molar-refractivity contribution >= 4 is 10.9 Å². The zero-order chi connectivity index (χ0) is 22.9. The van der Waals surface area contributed by atoms with Gasteiger partial charge in [0.05, 0.1) is 28.2 Å². The minimum Gasteiger partial charge on any atom is -0.466 e. The molecule has 6 nitrogen and oxygen atoms in total. The molecule has 164 valence electrons. The summed E-state index contributed by atoms with van der Waals surface area (Å²) >= 11 is 0. The van der Waals surface area contributed by atoms with Crippen LogP contribution in [0.15, 0.2) is 80.7 Å². The number of hydrogen-bond acceptors (Lipinski definition) is 3. The van der Waals surface area contributed by atoms with Crippen molar-refractivity contribution in [3.63, 3.8) is 0 Å². The van der Waals surface area contributed by atoms with Gasteiger partial charge in [-0.25, -0.2) is 4.79 Å². The predicted octanol–water partition coefficient (Wildman–Crippen LogP) is 4.28. The Balaban J connectivity index is 1.88. The van der Waals surface area contributed by atoms with Gasteiger partial charge in [-0.05, 0) is 42.7 Å². The Bertz CT molecular complexity index is 1670. The summed E-state index contributed by atoms with van der Waals surface area (Å²) in [7, 11) is 3.28. The van der Waals surface area contributed by atoms with E-state index in [1.165, 1.54) is 17.2 Å². The van der Waals surface area contributed by atoms with Gasteiger partial charge in [-0.3, -0.25) is 13.9 Å². The van der Waals surface area contributed by atoms with Crippen LogP contribution in [0.5, 0.6) is 0 Å². The molecule has 0 amide bonds. The number of hydrogen-bond donors (Lipinski definition) is 0. The molecule has 2 aromatic carbocycles. The molecule has 0 fully saturated rings. The van der Waals surface area contributed by atoms with E-state index in [-0.39, 0.29) is 17.2 Å². The lowest BCUT2D eigenvalue weighted by Crippen LogP contribution is -2.37. The van der Waals surface area contributed by atoms with E-state index in [0.29, 0.717) is 10.9 Å². The first-order chi connectivity index (χ1) is 16.0. The monoisotopic (exact) mass is 437 g/mol. The molecule has 0 spiro atoms. The van der Waals surface area contributed by atoms with Gasteiger partial charge in [0.25, 0.3) is 5.56 Å². The molecule has 1 aliphatic heterocycles. The molecule has 6 rings (SSSR count). The van der Waals surface area contributed by atoms with Crippen molar-refractivity contribution in [2.24, 2.45) is 14.1 Å². The van der Waals surface area contributed by atoms with Crippen molar-refractivity contribution in [1.82, 2.24) is 13.7 Å². The fourth-order valence-electron chi connectivity index (χ4n) is 5.23. The maximum atomic E-state index is 13.6. The summed E-state index contributed by atoms with van der Waals surface area (Å²) < 4.78 is 11.1. The summed E-state index contributed by atoms with van der Waals surface area (Å²) in [6, 6.07) is 22.1. The number of aromatic nitrogens is 3. The molecule has 4 heterocycles. The molecule has 0 bridgehead atoms. The Labute approximate surface area is 189 Å². The first-order valence-electron chi connectivity index (χ1n) is 11.0. The van der Waals surface area contributed by atoms with E-state index < -0.39 is 0 Å². The van der Waals surface area contributed by atoms with Crippen LogP contribution in [-0.2, 0) is 20.5 Å². The summed E-state index contributed by atoms with van der Waals surface area (Å²) in [6.45, 7) is 1.93. The Kier molecular flexibility index (Phi) is 4.14. The molecule has 1 aliphatic rings. The second-order valence-electron chi connectivity index (χ2n) is 8.70. The van der Waals surface area contributed by atoms with Crippen molar-refractivity contribution in [3.05, 3.63) is 110 Å². The third kappa shape index (κ3) is 2.67. The van der Waals surface area contributed by atoms with E-state index in [1.54, 1.807) is 11.6 Å². The number of nitrogens with zero attached hydrogens (tertiary/aromatic N) is 3. The number of fused-ring (bicyclic) bond motifs is 5. The van der Waals surface area contributed by atoms with Gasteiger partial charge in [-0.1, -0.05) is 48.5 Å². The van der Waals surface area contributed by atoms with Gasteiger partial charge in [0.15, 0.2) is 0 Å². The topological polar surface area (TPSA) is 62.1 Å². The molecule has 0 aliphatic carbocycles. The molecule has 5 aromatic rings. The van der Waals surface area contributed by atoms with E-state index >= 15 is 0 Å². The Hall–Kier alpha value is -4.06. The molecule has 1 atom stereocenters. The first kappa shape index (κ1) is 19.6. The zero-order valence-corrected chi connectivity index (χ0v) is 18.7. The average Bonchev–Trinajstić information content (AvgIpc) is 3.43. The van der Waals surface area contributed by atoms with Gasteiger partial charge in [-0.15, -0.1) is 0 Å². The summed E-state index contributed by atoms with van der Waals surface area (Å²) in [5, 5.41) is 0.547. The first-order valence-corrected chi connectivity index (χ1v) is 11.0.